The molecule has 0 aliphatic heterocycles. The van der Waals surface area contributed by atoms with Gasteiger partial charge in [0.25, 0.3) is 0 Å². The Balaban J connectivity index is 2.67. The molecule has 0 radical (unpaired) electrons. The number of carbonyl (C=O) groups excluding carboxylic acids is 2. The van der Waals surface area contributed by atoms with E-state index < -0.39 is 17.6 Å². The van der Waals surface area contributed by atoms with E-state index in [1.54, 1.807) is 11.4 Å². The third-order valence-electron chi connectivity index (χ3n) is 2.28. The summed E-state index contributed by atoms with van der Waals surface area (Å²) in [7, 11) is 0. The van der Waals surface area contributed by atoms with Crippen molar-refractivity contribution in [2.45, 2.75) is 20.3 Å². The summed E-state index contributed by atoms with van der Waals surface area (Å²) in [5, 5.41) is 14.1. The lowest BCUT2D eigenvalue weighted by Crippen LogP contribution is -2.34. The monoisotopic (exact) mass is 277 g/mol. The van der Waals surface area contributed by atoms with Crippen molar-refractivity contribution >= 4 is 29.1 Å². The number of amides is 1. The Bertz CT molecular complexity index is 528. The second-order valence-electron chi connectivity index (χ2n) is 3.88. The fourth-order valence-electron chi connectivity index (χ4n) is 1.32. The molecule has 0 fully saturated rings. The number of aryl methyl sites for hydroxylation is 1. The predicted octanol–water partition coefficient (Wildman–Crippen LogP) is 1.70. The Labute approximate surface area is 116 Å². The minimum absolute atomic E-state index is 0.458. The zero-order valence-electron chi connectivity index (χ0n) is 10.8. The van der Waals surface area contributed by atoms with E-state index in [2.05, 4.69) is 10.3 Å². The van der Waals surface area contributed by atoms with Gasteiger partial charge in [-0.05, 0) is 25.5 Å². The zero-order chi connectivity index (χ0) is 14.3. The number of thiazole rings is 1. The Morgan fingerprint density at radius 1 is 1.63 bits per heavy atom. The lowest BCUT2D eigenvalue weighted by molar-refractivity contribution is -0.129. The third-order valence-corrected chi connectivity index (χ3v) is 3.07. The maximum atomic E-state index is 11.8. The number of nitrogens with one attached hydrogen (secondary N) is 1. The number of hydrogen-bond donors (Lipinski definition) is 1. The predicted molar refractivity (Wildman–Crippen MR) is 73.3 cm³/mol. The third kappa shape index (κ3) is 4.64. The maximum Gasteiger partial charge on any atom is 0.245 e. The number of ketones is 1. The molecule has 1 aromatic rings. The quantitative estimate of drug-likeness (QED) is 0.633. The van der Waals surface area contributed by atoms with Gasteiger partial charge < -0.3 is 5.32 Å². The molecule has 1 atom stereocenters. The SMILES string of the molecule is CCCNC(=O)C(C#N)C(=O)C=Cc1csc(C)n1. The van der Waals surface area contributed by atoms with Gasteiger partial charge in [-0.15, -0.1) is 11.3 Å². The van der Waals surface area contributed by atoms with Crippen LogP contribution < -0.4 is 5.32 Å². The van der Waals surface area contributed by atoms with Crippen LogP contribution in [0.3, 0.4) is 0 Å². The highest BCUT2D eigenvalue weighted by atomic mass is 32.1. The minimum Gasteiger partial charge on any atom is -0.355 e. The van der Waals surface area contributed by atoms with Crippen LogP contribution in [0, 0.1) is 24.2 Å². The summed E-state index contributed by atoms with van der Waals surface area (Å²) in [4.78, 5) is 27.5. The van der Waals surface area contributed by atoms with Crippen LogP contribution in [0.1, 0.15) is 24.0 Å². The number of nitrogens with zero attached hydrogens (tertiary/aromatic N) is 2. The van der Waals surface area contributed by atoms with Crippen molar-refractivity contribution in [3.63, 3.8) is 0 Å². The summed E-state index contributed by atoms with van der Waals surface area (Å²) in [6.07, 6.45) is 3.50. The van der Waals surface area contributed by atoms with Gasteiger partial charge in [0.15, 0.2) is 11.7 Å². The highest BCUT2D eigenvalue weighted by Gasteiger charge is 2.23. The molecule has 1 N–H and O–H groups in total. The van der Waals surface area contributed by atoms with Crippen LogP contribution >= 0.6 is 11.3 Å². The van der Waals surface area contributed by atoms with E-state index in [1.807, 2.05) is 13.8 Å². The number of hydrogen-bond acceptors (Lipinski definition) is 5. The van der Waals surface area contributed by atoms with Crippen molar-refractivity contribution in [2.75, 3.05) is 6.54 Å². The van der Waals surface area contributed by atoms with Crippen LogP contribution in [-0.4, -0.2) is 23.2 Å². The summed E-state index contributed by atoms with van der Waals surface area (Å²) < 4.78 is 0. The normalized spacial score (nSPS) is 12.1. The molecule has 0 saturated carbocycles. The summed E-state index contributed by atoms with van der Waals surface area (Å²) in [6, 6.07) is 1.72. The summed E-state index contributed by atoms with van der Waals surface area (Å²) >= 11 is 1.47. The van der Waals surface area contributed by atoms with Crippen molar-refractivity contribution < 1.29 is 9.59 Å². The molecule has 0 aliphatic rings. The first-order chi connectivity index (χ1) is 9.08. The Morgan fingerprint density at radius 2 is 2.37 bits per heavy atom. The average Bonchev–Trinajstić information content (AvgIpc) is 2.80. The molecule has 1 amide bonds. The Hall–Kier alpha value is -2.00. The van der Waals surface area contributed by atoms with Gasteiger partial charge in [0.05, 0.1) is 16.8 Å². The fraction of sp³-hybridized carbons (Fsp3) is 0.385. The van der Waals surface area contributed by atoms with Gasteiger partial charge >= 0.3 is 0 Å². The van der Waals surface area contributed by atoms with E-state index in [1.165, 1.54) is 23.5 Å². The average molecular weight is 277 g/mol. The van der Waals surface area contributed by atoms with Gasteiger partial charge in [0.1, 0.15) is 0 Å². The second-order valence-corrected chi connectivity index (χ2v) is 4.94. The molecule has 100 valence electrons. The fourth-order valence-corrected chi connectivity index (χ4v) is 1.90. The van der Waals surface area contributed by atoms with E-state index in [0.29, 0.717) is 12.2 Å². The van der Waals surface area contributed by atoms with E-state index in [-0.39, 0.29) is 0 Å². The molecule has 1 rings (SSSR count). The van der Waals surface area contributed by atoms with E-state index >= 15 is 0 Å². The summed E-state index contributed by atoms with van der Waals surface area (Å²) in [6.45, 7) is 4.22. The first kappa shape index (κ1) is 15.1. The molecule has 0 spiro atoms. The molecular formula is C13H15N3O2S. The molecule has 1 heterocycles. The van der Waals surface area contributed by atoms with Crippen molar-refractivity contribution in [2.24, 2.45) is 5.92 Å². The number of aromatic nitrogens is 1. The Morgan fingerprint density at radius 3 is 2.89 bits per heavy atom. The van der Waals surface area contributed by atoms with Crippen LogP contribution in [0.2, 0.25) is 0 Å². The van der Waals surface area contributed by atoms with Crippen LogP contribution in [0.5, 0.6) is 0 Å². The molecule has 6 heteroatoms. The lowest BCUT2D eigenvalue weighted by Gasteiger charge is -2.05. The highest BCUT2D eigenvalue weighted by Crippen LogP contribution is 2.10. The molecule has 1 aromatic heterocycles. The second kappa shape index (κ2) is 7.44. The zero-order valence-corrected chi connectivity index (χ0v) is 11.7. The largest absolute Gasteiger partial charge is 0.355 e. The van der Waals surface area contributed by atoms with Crippen LogP contribution in [0.15, 0.2) is 11.5 Å². The summed E-state index contributed by atoms with van der Waals surface area (Å²) in [5.41, 5.74) is 0.654. The number of rotatable bonds is 6. The van der Waals surface area contributed by atoms with Gasteiger partial charge in [-0.1, -0.05) is 6.92 Å². The van der Waals surface area contributed by atoms with Crippen molar-refractivity contribution in [3.8, 4) is 6.07 Å². The highest BCUT2D eigenvalue weighted by molar-refractivity contribution is 7.09. The van der Waals surface area contributed by atoms with Crippen LogP contribution in [0.4, 0.5) is 0 Å². The molecular weight excluding hydrogens is 262 g/mol. The van der Waals surface area contributed by atoms with E-state index in [9.17, 15) is 9.59 Å². The lowest BCUT2D eigenvalue weighted by atomic mass is 10.0. The number of nitriles is 1. The van der Waals surface area contributed by atoms with Gasteiger partial charge in [-0.2, -0.15) is 5.26 Å². The van der Waals surface area contributed by atoms with Gasteiger partial charge in [0.2, 0.25) is 5.91 Å². The molecule has 1 unspecified atom stereocenters. The molecule has 5 nitrogen and oxygen atoms in total. The first-order valence-electron chi connectivity index (χ1n) is 5.89. The smallest absolute Gasteiger partial charge is 0.245 e. The van der Waals surface area contributed by atoms with Crippen molar-refractivity contribution in [1.29, 1.82) is 5.26 Å². The molecule has 0 aromatic carbocycles. The molecule has 19 heavy (non-hydrogen) atoms. The Kier molecular flexibility index (Phi) is 5.90. The number of carbonyl (C=O) groups is 2. The van der Waals surface area contributed by atoms with Gasteiger partial charge in [-0.25, -0.2) is 4.98 Å². The molecule has 0 saturated heterocycles. The minimum atomic E-state index is -1.29. The summed E-state index contributed by atoms with van der Waals surface area (Å²) in [5.74, 6) is -2.36. The van der Waals surface area contributed by atoms with Crippen LogP contribution in [-0.2, 0) is 9.59 Å². The van der Waals surface area contributed by atoms with Gasteiger partial charge in [0, 0.05) is 11.9 Å². The van der Waals surface area contributed by atoms with E-state index in [4.69, 9.17) is 5.26 Å². The van der Waals surface area contributed by atoms with Crippen molar-refractivity contribution in [3.05, 3.63) is 22.2 Å². The van der Waals surface area contributed by atoms with E-state index in [0.717, 1.165) is 11.4 Å². The first-order valence-corrected chi connectivity index (χ1v) is 6.77. The molecule has 0 bridgehead atoms. The molecule has 0 aliphatic carbocycles. The number of allylic oxidation sites excluding steroid dienone is 1. The van der Waals surface area contributed by atoms with Crippen LogP contribution in [0.25, 0.3) is 6.08 Å². The maximum absolute atomic E-state index is 11.8. The topological polar surface area (TPSA) is 82.9 Å². The standard InChI is InChI=1S/C13H15N3O2S/c1-3-6-15-13(18)11(7-14)12(17)5-4-10-8-19-9(2)16-10/h4-5,8,11H,3,6H2,1-2H3,(H,15,18). The van der Waals surface area contributed by atoms with Gasteiger partial charge in [-0.3, -0.25) is 9.59 Å². The van der Waals surface area contributed by atoms with Crippen molar-refractivity contribution in [1.82, 2.24) is 10.3 Å².